The molecule has 2 aromatic rings. The zero-order chi connectivity index (χ0) is 17.4. The van der Waals surface area contributed by atoms with Crippen LogP contribution in [0.4, 0.5) is 22.2 Å². The minimum atomic E-state index is -0.391. The predicted molar refractivity (Wildman–Crippen MR) is 95.4 cm³/mol. The molecule has 24 heavy (non-hydrogen) atoms. The lowest BCUT2D eigenvalue weighted by Crippen LogP contribution is -2.21. The van der Waals surface area contributed by atoms with Crippen LogP contribution in [0.3, 0.4) is 0 Å². The molecule has 0 saturated heterocycles. The summed E-state index contributed by atoms with van der Waals surface area (Å²) in [4.78, 5) is 20.6. The molecule has 0 atom stereocenters. The highest BCUT2D eigenvalue weighted by molar-refractivity contribution is 5.98. The van der Waals surface area contributed by atoms with Crippen molar-refractivity contribution in [2.45, 2.75) is 26.7 Å². The molecule has 0 aliphatic rings. The van der Waals surface area contributed by atoms with Gasteiger partial charge in [0.25, 0.3) is 0 Å². The van der Waals surface area contributed by atoms with Crippen molar-refractivity contribution in [3.63, 3.8) is 0 Å². The summed E-state index contributed by atoms with van der Waals surface area (Å²) in [6.07, 6.45) is 1.58. The Labute approximate surface area is 141 Å². The Hall–Kier alpha value is -2.67. The molecule has 2 amide bonds. The minimum Gasteiger partial charge on any atom is -0.396 e. The van der Waals surface area contributed by atoms with Gasteiger partial charge in [-0.3, -0.25) is 5.32 Å². The van der Waals surface area contributed by atoms with Crippen LogP contribution in [0.25, 0.3) is 0 Å². The van der Waals surface area contributed by atoms with E-state index in [-0.39, 0.29) is 12.6 Å². The first-order valence-electron chi connectivity index (χ1n) is 7.92. The third-order valence-electron chi connectivity index (χ3n) is 3.25. The van der Waals surface area contributed by atoms with Crippen LogP contribution in [0.15, 0.2) is 30.3 Å². The van der Waals surface area contributed by atoms with Crippen LogP contribution in [0.2, 0.25) is 0 Å². The maximum atomic E-state index is 12.1. The summed E-state index contributed by atoms with van der Waals surface area (Å²) in [7, 11) is 0. The first-order chi connectivity index (χ1) is 11.6. The van der Waals surface area contributed by atoms with Crippen molar-refractivity contribution in [2.24, 2.45) is 0 Å². The number of rotatable bonds is 7. The van der Waals surface area contributed by atoms with Crippen LogP contribution in [0.1, 0.15) is 24.1 Å². The van der Waals surface area contributed by atoms with Crippen LogP contribution < -0.4 is 16.0 Å². The molecule has 1 aromatic heterocycles. The monoisotopic (exact) mass is 329 g/mol. The molecule has 0 saturated carbocycles. The molecule has 1 heterocycles. The van der Waals surface area contributed by atoms with Gasteiger partial charge in [0.1, 0.15) is 5.82 Å². The maximum Gasteiger partial charge on any atom is 0.326 e. The fraction of sp³-hybridized carbons (Fsp3) is 0.353. The third-order valence-corrected chi connectivity index (χ3v) is 3.25. The zero-order valence-corrected chi connectivity index (χ0v) is 14.0. The van der Waals surface area contributed by atoms with Crippen molar-refractivity contribution in [3.8, 4) is 0 Å². The Morgan fingerprint density at radius 2 is 1.96 bits per heavy atom. The number of hydrogen-bond acceptors (Lipinski definition) is 5. The first kappa shape index (κ1) is 17.7. The molecule has 4 N–H and O–H groups in total. The average Bonchev–Trinajstić information content (AvgIpc) is 2.51. The molecular weight excluding hydrogens is 306 g/mol. The predicted octanol–water partition coefficient (Wildman–Crippen LogP) is 2.92. The van der Waals surface area contributed by atoms with E-state index >= 15 is 0 Å². The standard InChI is InChI=1S/C17H23N5O2/c1-12-6-5-7-14(10-12)20-17(24)22-16-19-13(2)11-15(21-16)18-8-3-4-9-23/h5-7,10-11,23H,3-4,8-9H2,1-2H3,(H3,18,19,20,21,22,24). The second-order valence-electron chi connectivity index (χ2n) is 5.52. The Kier molecular flexibility index (Phi) is 6.51. The van der Waals surface area contributed by atoms with Gasteiger partial charge in [-0.1, -0.05) is 12.1 Å². The van der Waals surface area contributed by atoms with Crippen molar-refractivity contribution in [1.82, 2.24) is 9.97 Å². The van der Waals surface area contributed by atoms with Crippen LogP contribution in [0, 0.1) is 13.8 Å². The normalized spacial score (nSPS) is 10.3. The number of aliphatic hydroxyl groups is 1. The number of aliphatic hydroxyl groups excluding tert-OH is 1. The molecule has 0 fully saturated rings. The lowest BCUT2D eigenvalue weighted by atomic mass is 10.2. The van der Waals surface area contributed by atoms with Crippen LogP contribution in [0.5, 0.6) is 0 Å². The largest absolute Gasteiger partial charge is 0.396 e. The lowest BCUT2D eigenvalue weighted by Gasteiger charge is -2.10. The number of aryl methyl sites for hydroxylation is 2. The van der Waals surface area contributed by atoms with Gasteiger partial charge >= 0.3 is 6.03 Å². The Balaban J connectivity index is 1.95. The summed E-state index contributed by atoms with van der Waals surface area (Å²) >= 11 is 0. The number of aromatic nitrogens is 2. The molecule has 0 aliphatic heterocycles. The highest BCUT2D eigenvalue weighted by Crippen LogP contribution is 2.12. The smallest absolute Gasteiger partial charge is 0.326 e. The van der Waals surface area contributed by atoms with Crippen molar-refractivity contribution in [2.75, 3.05) is 29.1 Å². The van der Waals surface area contributed by atoms with Gasteiger partial charge in [0.05, 0.1) is 0 Å². The third kappa shape index (κ3) is 5.85. The molecule has 0 aliphatic carbocycles. The average molecular weight is 329 g/mol. The summed E-state index contributed by atoms with van der Waals surface area (Å²) in [6, 6.07) is 8.95. The number of benzene rings is 1. The summed E-state index contributed by atoms with van der Waals surface area (Å²) in [5, 5.41) is 17.3. The molecular formula is C17H23N5O2. The molecule has 0 bridgehead atoms. The quantitative estimate of drug-likeness (QED) is 0.585. The van der Waals surface area contributed by atoms with Gasteiger partial charge in [0.2, 0.25) is 5.95 Å². The molecule has 0 radical (unpaired) electrons. The van der Waals surface area contributed by atoms with Crippen LogP contribution in [-0.2, 0) is 0 Å². The van der Waals surface area contributed by atoms with E-state index in [2.05, 4.69) is 25.9 Å². The highest BCUT2D eigenvalue weighted by atomic mass is 16.2. The highest BCUT2D eigenvalue weighted by Gasteiger charge is 2.07. The Bertz CT molecular complexity index is 690. The van der Waals surface area contributed by atoms with E-state index in [0.717, 1.165) is 24.1 Å². The molecule has 0 unspecified atom stereocenters. The number of amides is 2. The van der Waals surface area contributed by atoms with Crippen LogP contribution in [-0.4, -0.2) is 34.3 Å². The van der Waals surface area contributed by atoms with Gasteiger partial charge in [-0.05, 0) is 44.4 Å². The van der Waals surface area contributed by atoms with Gasteiger partial charge in [-0.25, -0.2) is 9.78 Å². The number of urea groups is 1. The van der Waals surface area contributed by atoms with Crippen molar-refractivity contribution in [1.29, 1.82) is 0 Å². The molecule has 128 valence electrons. The SMILES string of the molecule is Cc1cccc(NC(=O)Nc2nc(C)cc(NCCCCO)n2)c1. The molecule has 7 heteroatoms. The second kappa shape index (κ2) is 8.83. The number of unbranched alkanes of at least 4 members (excludes halogenated alkanes) is 1. The van der Waals surface area contributed by atoms with E-state index < -0.39 is 6.03 Å². The van der Waals surface area contributed by atoms with E-state index in [1.807, 2.05) is 44.2 Å². The fourth-order valence-corrected chi connectivity index (χ4v) is 2.15. The Morgan fingerprint density at radius 3 is 2.71 bits per heavy atom. The van der Waals surface area contributed by atoms with Crippen molar-refractivity contribution in [3.05, 3.63) is 41.6 Å². The first-order valence-corrected chi connectivity index (χ1v) is 7.92. The van der Waals surface area contributed by atoms with Crippen molar-refractivity contribution >= 4 is 23.5 Å². The molecule has 2 rings (SSSR count). The van der Waals surface area contributed by atoms with Gasteiger partial charge in [-0.2, -0.15) is 4.98 Å². The summed E-state index contributed by atoms with van der Waals surface area (Å²) in [6.45, 7) is 4.67. The molecule has 0 spiro atoms. The van der Waals surface area contributed by atoms with E-state index in [0.29, 0.717) is 18.1 Å². The van der Waals surface area contributed by atoms with Crippen molar-refractivity contribution < 1.29 is 9.90 Å². The van der Waals surface area contributed by atoms with Gasteiger partial charge in [0, 0.05) is 30.6 Å². The van der Waals surface area contributed by atoms with E-state index in [1.54, 1.807) is 0 Å². The Morgan fingerprint density at radius 1 is 1.12 bits per heavy atom. The molecule has 1 aromatic carbocycles. The van der Waals surface area contributed by atoms with Gasteiger partial charge < -0.3 is 15.7 Å². The number of carbonyl (C=O) groups is 1. The number of carbonyl (C=O) groups excluding carboxylic acids is 1. The zero-order valence-electron chi connectivity index (χ0n) is 14.0. The lowest BCUT2D eigenvalue weighted by molar-refractivity contribution is 0.262. The fourth-order valence-electron chi connectivity index (χ4n) is 2.15. The summed E-state index contributed by atoms with van der Waals surface area (Å²) in [5.74, 6) is 0.885. The summed E-state index contributed by atoms with van der Waals surface area (Å²) < 4.78 is 0. The maximum absolute atomic E-state index is 12.1. The number of nitrogens with one attached hydrogen (secondary N) is 3. The minimum absolute atomic E-state index is 0.177. The van der Waals surface area contributed by atoms with Gasteiger partial charge in [-0.15, -0.1) is 0 Å². The van der Waals surface area contributed by atoms with Gasteiger partial charge in [0.15, 0.2) is 0 Å². The van der Waals surface area contributed by atoms with E-state index in [4.69, 9.17) is 5.11 Å². The second-order valence-corrected chi connectivity index (χ2v) is 5.52. The molecule has 7 nitrogen and oxygen atoms in total. The topological polar surface area (TPSA) is 99.2 Å². The van der Waals surface area contributed by atoms with E-state index in [1.165, 1.54) is 0 Å². The summed E-state index contributed by atoms with van der Waals surface area (Å²) in [5.41, 5.74) is 2.52. The number of anilines is 3. The van der Waals surface area contributed by atoms with Crippen LogP contribution >= 0.6 is 0 Å². The number of hydrogen-bond donors (Lipinski definition) is 4. The number of nitrogens with zero attached hydrogens (tertiary/aromatic N) is 2. The van der Waals surface area contributed by atoms with E-state index in [9.17, 15) is 4.79 Å².